The van der Waals surface area contributed by atoms with Crippen molar-refractivity contribution in [1.29, 1.82) is 0 Å². The minimum atomic E-state index is -3.66. The molecule has 0 bridgehead atoms. The highest BCUT2D eigenvalue weighted by Gasteiger charge is 2.43. The predicted molar refractivity (Wildman–Crippen MR) is 149 cm³/mol. The Morgan fingerprint density at radius 2 is 1.68 bits per heavy atom. The number of sulfonamides is 1. The van der Waals surface area contributed by atoms with Crippen LogP contribution < -0.4 is 4.74 Å². The van der Waals surface area contributed by atoms with Crippen molar-refractivity contribution >= 4 is 50.7 Å². The molecule has 2 aliphatic rings. The third-order valence-electron chi connectivity index (χ3n) is 7.26. The van der Waals surface area contributed by atoms with Crippen LogP contribution in [0.25, 0.3) is 0 Å². The summed E-state index contributed by atoms with van der Waals surface area (Å²) in [4.78, 5) is 15.3. The van der Waals surface area contributed by atoms with Gasteiger partial charge in [0.15, 0.2) is 0 Å². The second kappa shape index (κ2) is 12.1. The number of hydrogen-bond donors (Lipinski definition) is 0. The van der Waals surface area contributed by atoms with Crippen molar-refractivity contribution in [1.82, 2.24) is 9.21 Å². The Labute approximate surface area is 234 Å². The van der Waals surface area contributed by atoms with Crippen molar-refractivity contribution in [3.05, 3.63) is 62.6 Å². The fraction of sp³-hybridized carbons (Fsp3) is 0.519. The molecule has 2 aromatic carbocycles. The van der Waals surface area contributed by atoms with Gasteiger partial charge in [0.25, 0.3) is 0 Å². The molecule has 2 saturated heterocycles. The predicted octanol–water partition coefficient (Wildman–Crippen LogP) is 6.35. The van der Waals surface area contributed by atoms with Crippen LogP contribution in [0.2, 0.25) is 15.1 Å². The standard InChI is InChI=1S/C27H33Cl3N2O4S/c1-20-14-22(7-9-23(20)28)36-19-27(16-26(33)31-11-3-2-4-12-31)10-5-13-32(18-27)37(34,35)17-21-6-8-24(29)25(30)15-21/h6-9,14-15H,2-5,10-13,16-19H2,1H3/t27-/m0/s1. The van der Waals surface area contributed by atoms with Crippen LogP contribution >= 0.6 is 34.8 Å². The van der Waals surface area contributed by atoms with Crippen molar-refractivity contribution in [3.8, 4) is 5.75 Å². The Kier molecular flexibility index (Phi) is 9.34. The molecule has 0 aliphatic carbocycles. The first-order chi connectivity index (χ1) is 17.6. The first kappa shape index (κ1) is 28.5. The van der Waals surface area contributed by atoms with E-state index in [1.54, 1.807) is 30.3 Å². The maximum atomic E-state index is 13.5. The van der Waals surface area contributed by atoms with E-state index < -0.39 is 15.4 Å². The Balaban J connectivity index is 1.55. The summed E-state index contributed by atoms with van der Waals surface area (Å²) < 4.78 is 34.7. The van der Waals surface area contributed by atoms with Gasteiger partial charge in [-0.15, -0.1) is 0 Å². The van der Waals surface area contributed by atoms with Crippen LogP contribution in [-0.2, 0) is 20.6 Å². The molecule has 4 rings (SSSR count). The minimum absolute atomic E-state index is 0.0688. The molecule has 202 valence electrons. The van der Waals surface area contributed by atoms with Gasteiger partial charge < -0.3 is 9.64 Å². The number of ether oxygens (including phenoxy) is 1. The zero-order chi connectivity index (χ0) is 26.6. The van der Waals surface area contributed by atoms with E-state index in [1.807, 2.05) is 17.9 Å². The van der Waals surface area contributed by atoms with E-state index in [-0.39, 0.29) is 31.2 Å². The molecule has 1 amide bonds. The Morgan fingerprint density at radius 3 is 2.38 bits per heavy atom. The van der Waals surface area contributed by atoms with E-state index in [9.17, 15) is 13.2 Å². The normalized spacial score (nSPS) is 21.1. The number of rotatable bonds is 8. The number of nitrogens with zero attached hydrogens (tertiary/aromatic N) is 2. The monoisotopic (exact) mass is 586 g/mol. The van der Waals surface area contributed by atoms with Crippen molar-refractivity contribution in [3.63, 3.8) is 0 Å². The van der Waals surface area contributed by atoms with Gasteiger partial charge in [0.05, 0.1) is 22.4 Å². The second-order valence-electron chi connectivity index (χ2n) is 10.3. The Morgan fingerprint density at radius 1 is 0.946 bits per heavy atom. The number of likely N-dealkylation sites (tertiary alicyclic amines) is 1. The van der Waals surface area contributed by atoms with Crippen molar-refractivity contribution < 1.29 is 17.9 Å². The summed E-state index contributed by atoms with van der Waals surface area (Å²) >= 11 is 18.3. The zero-order valence-corrected chi connectivity index (χ0v) is 24.1. The Hall–Kier alpha value is -1.51. The summed E-state index contributed by atoms with van der Waals surface area (Å²) in [5, 5.41) is 1.35. The molecule has 0 radical (unpaired) electrons. The lowest BCUT2D eigenvalue weighted by Crippen LogP contribution is -2.51. The average Bonchev–Trinajstić information content (AvgIpc) is 2.87. The lowest BCUT2D eigenvalue weighted by atomic mass is 9.78. The van der Waals surface area contributed by atoms with E-state index >= 15 is 0 Å². The first-order valence-corrected chi connectivity index (χ1v) is 15.4. The minimum Gasteiger partial charge on any atom is -0.493 e. The topological polar surface area (TPSA) is 66.9 Å². The number of carbonyl (C=O) groups is 1. The summed E-state index contributed by atoms with van der Waals surface area (Å²) in [6.45, 7) is 4.29. The number of amides is 1. The van der Waals surface area contributed by atoms with Gasteiger partial charge >= 0.3 is 0 Å². The van der Waals surface area contributed by atoms with Crippen LogP contribution in [0.4, 0.5) is 0 Å². The summed E-state index contributed by atoms with van der Waals surface area (Å²) in [6.07, 6.45) is 4.74. The van der Waals surface area contributed by atoms with Crippen LogP contribution in [0.15, 0.2) is 36.4 Å². The summed E-state index contributed by atoms with van der Waals surface area (Å²) in [6, 6.07) is 10.3. The molecule has 0 unspecified atom stereocenters. The fourth-order valence-electron chi connectivity index (χ4n) is 5.16. The largest absolute Gasteiger partial charge is 0.493 e. The van der Waals surface area contributed by atoms with Crippen molar-refractivity contribution in [2.24, 2.45) is 5.41 Å². The lowest BCUT2D eigenvalue weighted by Gasteiger charge is -2.42. The van der Waals surface area contributed by atoms with E-state index in [0.29, 0.717) is 45.8 Å². The van der Waals surface area contributed by atoms with Crippen LogP contribution in [0.5, 0.6) is 5.75 Å². The van der Waals surface area contributed by atoms with E-state index in [2.05, 4.69) is 0 Å². The molecule has 37 heavy (non-hydrogen) atoms. The van der Waals surface area contributed by atoms with E-state index in [0.717, 1.165) is 37.9 Å². The highest BCUT2D eigenvalue weighted by atomic mass is 35.5. The van der Waals surface area contributed by atoms with Gasteiger partial charge in [-0.05, 0) is 80.5 Å². The molecule has 0 aromatic heterocycles. The molecular formula is C27H33Cl3N2O4S. The summed E-state index contributed by atoms with van der Waals surface area (Å²) in [7, 11) is -3.66. The number of aryl methyl sites for hydroxylation is 1. The molecule has 0 N–H and O–H groups in total. The number of hydrogen-bond acceptors (Lipinski definition) is 4. The van der Waals surface area contributed by atoms with Gasteiger partial charge in [-0.3, -0.25) is 4.79 Å². The van der Waals surface area contributed by atoms with Crippen molar-refractivity contribution in [2.45, 2.75) is 51.2 Å². The number of carbonyl (C=O) groups excluding carboxylic acids is 1. The average molecular weight is 588 g/mol. The van der Waals surface area contributed by atoms with Gasteiger partial charge in [-0.25, -0.2) is 12.7 Å². The van der Waals surface area contributed by atoms with Crippen LogP contribution in [0.3, 0.4) is 0 Å². The molecular weight excluding hydrogens is 555 g/mol. The molecule has 2 fully saturated rings. The Bertz CT molecular complexity index is 1230. The molecule has 2 heterocycles. The van der Waals surface area contributed by atoms with Gasteiger partial charge in [0.2, 0.25) is 15.9 Å². The van der Waals surface area contributed by atoms with Gasteiger partial charge in [0, 0.05) is 43.0 Å². The molecule has 1 atom stereocenters. The smallest absolute Gasteiger partial charge is 0.223 e. The van der Waals surface area contributed by atoms with Gasteiger partial charge in [-0.2, -0.15) is 0 Å². The van der Waals surface area contributed by atoms with Crippen LogP contribution in [0.1, 0.15) is 49.7 Å². The summed E-state index contributed by atoms with van der Waals surface area (Å²) in [5.41, 5.74) is 0.834. The third kappa shape index (κ3) is 7.33. The maximum absolute atomic E-state index is 13.5. The van der Waals surface area contributed by atoms with E-state index in [4.69, 9.17) is 39.5 Å². The second-order valence-corrected chi connectivity index (χ2v) is 13.5. The van der Waals surface area contributed by atoms with Gasteiger partial charge in [0.1, 0.15) is 5.75 Å². The molecule has 2 aliphatic heterocycles. The molecule has 6 nitrogen and oxygen atoms in total. The molecule has 10 heteroatoms. The third-order valence-corrected chi connectivity index (χ3v) is 10.2. The number of halogens is 3. The first-order valence-electron chi connectivity index (χ1n) is 12.7. The molecule has 0 saturated carbocycles. The number of piperidine rings is 2. The van der Waals surface area contributed by atoms with Crippen molar-refractivity contribution in [2.75, 3.05) is 32.8 Å². The lowest BCUT2D eigenvalue weighted by molar-refractivity contribution is -0.136. The fourth-order valence-corrected chi connectivity index (χ4v) is 7.26. The quantitative estimate of drug-likeness (QED) is 0.361. The van der Waals surface area contributed by atoms with E-state index in [1.165, 1.54) is 4.31 Å². The molecule has 2 aromatic rings. The highest BCUT2D eigenvalue weighted by molar-refractivity contribution is 7.88. The highest BCUT2D eigenvalue weighted by Crippen LogP contribution is 2.37. The SMILES string of the molecule is Cc1cc(OC[C@]2(CC(=O)N3CCCCC3)CCCN(S(=O)(=O)Cc3ccc(Cl)c(Cl)c3)C2)ccc1Cl. The van der Waals surface area contributed by atoms with Crippen LogP contribution in [-0.4, -0.2) is 56.3 Å². The number of benzene rings is 2. The van der Waals surface area contributed by atoms with Gasteiger partial charge in [-0.1, -0.05) is 40.9 Å². The summed E-state index contributed by atoms with van der Waals surface area (Å²) in [5.74, 6) is 0.541. The van der Waals surface area contributed by atoms with Crippen LogP contribution in [0, 0.1) is 12.3 Å². The zero-order valence-electron chi connectivity index (χ0n) is 21.0. The molecule has 0 spiro atoms. The maximum Gasteiger partial charge on any atom is 0.223 e.